The molecule has 114 valence electrons. The first-order valence-electron chi connectivity index (χ1n) is 6.40. The van der Waals surface area contributed by atoms with Gasteiger partial charge in [0.1, 0.15) is 0 Å². The number of benzene rings is 1. The molecular formula is C14H17BrN2O4. The highest BCUT2D eigenvalue weighted by molar-refractivity contribution is 9.10. The number of nitrogens with one attached hydrogen (secondary N) is 2. The molecule has 1 aromatic rings. The van der Waals surface area contributed by atoms with Gasteiger partial charge in [-0.2, -0.15) is 0 Å². The number of rotatable bonds is 6. The van der Waals surface area contributed by atoms with E-state index >= 15 is 0 Å². The number of halogens is 1. The first kappa shape index (κ1) is 17.2. The minimum atomic E-state index is -0.963. The second kappa shape index (κ2) is 8.41. The molecule has 0 spiro atoms. The summed E-state index contributed by atoms with van der Waals surface area (Å²) in [5.74, 6) is -1.77. The van der Waals surface area contributed by atoms with Crippen molar-refractivity contribution >= 4 is 33.8 Å². The highest BCUT2D eigenvalue weighted by Gasteiger charge is 2.14. The van der Waals surface area contributed by atoms with Crippen molar-refractivity contribution in [3.63, 3.8) is 0 Å². The number of carbonyl (C=O) groups excluding carboxylic acids is 2. The number of urea groups is 1. The second-order valence-corrected chi connectivity index (χ2v) is 5.68. The van der Waals surface area contributed by atoms with Gasteiger partial charge in [-0.3, -0.25) is 14.9 Å². The number of hydrogen-bond acceptors (Lipinski definition) is 3. The Balaban J connectivity index is 2.31. The van der Waals surface area contributed by atoms with Crippen LogP contribution in [0.4, 0.5) is 4.79 Å². The van der Waals surface area contributed by atoms with Gasteiger partial charge < -0.3 is 10.4 Å². The summed E-state index contributed by atoms with van der Waals surface area (Å²) in [5, 5.41) is 13.3. The fraction of sp³-hybridized carbons (Fsp3) is 0.357. The van der Waals surface area contributed by atoms with Crippen LogP contribution in [0.25, 0.3) is 0 Å². The van der Waals surface area contributed by atoms with E-state index in [1.54, 1.807) is 6.92 Å². The smallest absolute Gasteiger partial charge is 0.321 e. The highest BCUT2D eigenvalue weighted by Crippen LogP contribution is 2.10. The van der Waals surface area contributed by atoms with Gasteiger partial charge in [-0.1, -0.05) is 35.0 Å². The van der Waals surface area contributed by atoms with Crippen LogP contribution in [0.5, 0.6) is 0 Å². The van der Waals surface area contributed by atoms with Crippen molar-refractivity contribution in [3.05, 3.63) is 34.3 Å². The fourth-order valence-electron chi connectivity index (χ4n) is 1.69. The number of amides is 3. The number of aliphatic carboxylic acids is 1. The largest absolute Gasteiger partial charge is 0.481 e. The standard InChI is InChI=1S/C14H17BrN2O4/c1-9(7-13(19)20)6-12(18)17-14(21)16-8-10-2-4-11(15)5-3-10/h2-5,9H,6-8H2,1H3,(H,19,20)(H2,16,17,18,21). The Morgan fingerprint density at radius 1 is 1.19 bits per heavy atom. The molecule has 1 aromatic carbocycles. The predicted molar refractivity (Wildman–Crippen MR) is 80.6 cm³/mol. The van der Waals surface area contributed by atoms with Crippen LogP contribution in [0, 0.1) is 5.92 Å². The van der Waals surface area contributed by atoms with E-state index in [2.05, 4.69) is 26.6 Å². The maximum absolute atomic E-state index is 11.5. The van der Waals surface area contributed by atoms with Crippen molar-refractivity contribution in [1.29, 1.82) is 0 Å². The van der Waals surface area contributed by atoms with Gasteiger partial charge in [-0.15, -0.1) is 0 Å². The summed E-state index contributed by atoms with van der Waals surface area (Å²) in [5.41, 5.74) is 0.903. The Morgan fingerprint density at radius 2 is 1.81 bits per heavy atom. The molecule has 0 aliphatic heterocycles. The zero-order valence-corrected chi connectivity index (χ0v) is 13.1. The Morgan fingerprint density at radius 3 is 2.38 bits per heavy atom. The monoisotopic (exact) mass is 356 g/mol. The van der Waals surface area contributed by atoms with Gasteiger partial charge in [0, 0.05) is 23.9 Å². The van der Waals surface area contributed by atoms with E-state index < -0.39 is 17.9 Å². The molecule has 0 radical (unpaired) electrons. The summed E-state index contributed by atoms with van der Waals surface area (Å²) in [6, 6.07) is 6.81. The highest BCUT2D eigenvalue weighted by atomic mass is 79.9. The van der Waals surface area contributed by atoms with Gasteiger partial charge >= 0.3 is 12.0 Å². The molecule has 3 amide bonds. The van der Waals surface area contributed by atoms with Crippen LogP contribution < -0.4 is 10.6 Å². The Labute approximate surface area is 131 Å². The average Bonchev–Trinajstić information content (AvgIpc) is 2.36. The minimum absolute atomic E-state index is 0.00198. The lowest BCUT2D eigenvalue weighted by Crippen LogP contribution is -2.39. The SMILES string of the molecule is CC(CC(=O)O)CC(=O)NC(=O)NCc1ccc(Br)cc1. The normalized spacial score (nSPS) is 11.5. The van der Waals surface area contributed by atoms with Gasteiger partial charge in [-0.25, -0.2) is 4.79 Å². The van der Waals surface area contributed by atoms with Crippen LogP contribution in [0.1, 0.15) is 25.3 Å². The number of carboxylic acid groups (broad SMARTS) is 1. The fourth-order valence-corrected chi connectivity index (χ4v) is 1.96. The number of carboxylic acids is 1. The molecule has 1 unspecified atom stereocenters. The molecule has 0 aliphatic rings. The molecule has 0 aliphatic carbocycles. The Kier molecular flexibility index (Phi) is 6.87. The molecule has 0 saturated heterocycles. The van der Waals surface area contributed by atoms with E-state index in [0.29, 0.717) is 6.54 Å². The average molecular weight is 357 g/mol. The van der Waals surface area contributed by atoms with Crippen molar-refractivity contribution in [1.82, 2.24) is 10.6 Å². The van der Waals surface area contributed by atoms with Crippen LogP contribution in [0.15, 0.2) is 28.7 Å². The second-order valence-electron chi connectivity index (χ2n) is 4.76. The van der Waals surface area contributed by atoms with E-state index in [0.717, 1.165) is 10.0 Å². The first-order valence-corrected chi connectivity index (χ1v) is 7.20. The summed E-state index contributed by atoms with van der Waals surface area (Å²) >= 11 is 3.31. The number of hydrogen-bond donors (Lipinski definition) is 3. The Bertz CT molecular complexity index is 516. The summed E-state index contributed by atoms with van der Waals surface area (Å²) in [4.78, 5) is 33.5. The lowest BCUT2D eigenvalue weighted by atomic mass is 10.0. The minimum Gasteiger partial charge on any atom is -0.481 e. The summed E-state index contributed by atoms with van der Waals surface area (Å²) in [7, 11) is 0. The van der Waals surface area contributed by atoms with E-state index in [4.69, 9.17) is 5.11 Å². The van der Waals surface area contributed by atoms with Crippen molar-refractivity contribution < 1.29 is 19.5 Å². The maximum atomic E-state index is 11.5. The maximum Gasteiger partial charge on any atom is 0.321 e. The molecule has 3 N–H and O–H groups in total. The van der Waals surface area contributed by atoms with E-state index in [1.165, 1.54) is 0 Å². The first-order chi connectivity index (χ1) is 9.86. The van der Waals surface area contributed by atoms with E-state index in [1.807, 2.05) is 24.3 Å². The van der Waals surface area contributed by atoms with Gasteiger partial charge in [0.25, 0.3) is 0 Å². The Hall–Kier alpha value is -1.89. The summed E-state index contributed by atoms with van der Waals surface area (Å²) < 4.78 is 0.943. The van der Waals surface area contributed by atoms with E-state index in [-0.39, 0.29) is 18.8 Å². The van der Waals surface area contributed by atoms with Crippen LogP contribution >= 0.6 is 15.9 Å². The molecule has 0 aromatic heterocycles. The molecule has 0 fully saturated rings. The van der Waals surface area contributed by atoms with Crippen molar-refractivity contribution in [2.75, 3.05) is 0 Å². The van der Waals surface area contributed by atoms with Crippen molar-refractivity contribution in [2.45, 2.75) is 26.3 Å². The number of carbonyl (C=O) groups is 3. The van der Waals surface area contributed by atoms with Gasteiger partial charge in [0.2, 0.25) is 5.91 Å². The molecule has 1 atom stereocenters. The zero-order chi connectivity index (χ0) is 15.8. The quantitative estimate of drug-likeness (QED) is 0.728. The lowest BCUT2D eigenvalue weighted by molar-refractivity contribution is -0.138. The molecule has 21 heavy (non-hydrogen) atoms. The van der Waals surface area contributed by atoms with Gasteiger partial charge in [0.05, 0.1) is 0 Å². The third kappa shape index (κ3) is 7.45. The van der Waals surface area contributed by atoms with Crippen molar-refractivity contribution in [2.24, 2.45) is 5.92 Å². The van der Waals surface area contributed by atoms with E-state index in [9.17, 15) is 14.4 Å². The molecule has 6 nitrogen and oxygen atoms in total. The third-order valence-corrected chi connectivity index (χ3v) is 3.20. The predicted octanol–water partition coefficient (Wildman–Crippen LogP) is 2.28. The summed E-state index contributed by atoms with van der Waals surface area (Å²) in [6.45, 7) is 1.95. The topological polar surface area (TPSA) is 95.5 Å². The summed E-state index contributed by atoms with van der Waals surface area (Å²) in [6.07, 6.45) is -0.105. The van der Waals surface area contributed by atoms with Gasteiger partial charge in [-0.05, 0) is 23.6 Å². The molecule has 0 saturated carbocycles. The molecule has 7 heteroatoms. The zero-order valence-electron chi connectivity index (χ0n) is 11.6. The lowest BCUT2D eigenvalue weighted by Gasteiger charge is -2.09. The molecule has 0 bridgehead atoms. The number of imide groups is 1. The molecular weight excluding hydrogens is 340 g/mol. The van der Waals surface area contributed by atoms with Crippen LogP contribution in [0.2, 0.25) is 0 Å². The van der Waals surface area contributed by atoms with Crippen LogP contribution in [-0.2, 0) is 16.1 Å². The van der Waals surface area contributed by atoms with Gasteiger partial charge in [0.15, 0.2) is 0 Å². The third-order valence-electron chi connectivity index (χ3n) is 2.68. The van der Waals surface area contributed by atoms with Crippen LogP contribution in [0.3, 0.4) is 0 Å². The van der Waals surface area contributed by atoms with Crippen molar-refractivity contribution in [3.8, 4) is 0 Å². The van der Waals surface area contributed by atoms with Crippen LogP contribution in [-0.4, -0.2) is 23.0 Å². The molecule has 1 rings (SSSR count). The molecule has 0 heterocycles.